The second kappa shape index (κ2) is 63.9. The molecule has 6 heteroatoms. The molecule has 0 rings (SSSR count). The Morgan fingerprint density at radius 2 is 0.539 bits per heavy atom. The molecular formula is C70H120O6. The highest BCUT2D eigenvalue weighted by Gasteiger charge is 2.19. The van der Waals surface area contributed by atoms with Crippen LogP contribution in [0.1, 0.15) is 310 Å². The summed E-state index contributed by atoms with van der Waals surface area (Å²) in [6.45, 7) is 6.38. The standard InChI is InChI=1S/C70H120O6/c1-4-7-10-13-16-19-22-25-27-29-30-31-32-33-34-35-36-37-38-39-40-41-43-45-48-51-54-57-60-63-69(72)75-66-67(65-74-68(71)62-59-56-53-50-47-44-24-21-18-15-12-9-6-3)76-70(73)64-61-58-55-52-49-46-42-28-26-23-20-17-14-11-8-5-2/h7,9-10,12,16,18-19,21,25,27,30-31,44,47,53,56,67H,4-6,8,11,13-15,17,20,22-24,26,28-29,32-43,45-46,48-52,54-55,57-66H2,1-3H3/b10-7-,12-9-,19-16-,21-18-,27-25-,31-30-,47-44-,56-53-. The quantitative estimate of drug-likeness (QED) is 0.0261. The maximum Gasteiger partial charge on any atom is 0.306 e. The van der Waals surface area contributed by atoms with Crippen LogP contribution in [0, 0.1) is 0 Å². The lowest BCUT2D eigenvalue weighted by Gasteiger charge is -2.18. The first-order valence-corrected chi connectivity index (χ1v) is 32.2. The Kier molecular flexibility index (Phi) is 60.8. The Morgan fingerprint density at radius 3 is 0.882 bits per heavy atom. The fourth-order valence-corrected chi connectivity index (χ4v) is 9.10. The van der Waals surface area contributed by atoms with E-state index in [1.165, 1.54) is 173 Å². The molecule has 0 aliphatic heterocycles. The summed E-state index contributed by atoms with van der Waals surface area (Å²) in [5, 5.41) is 0. The van der Waals surface area contributed by atoms with Gasteiger partial charge in [0, 0.05) is 19.3 Å². The van der Waals surface area contributed by atoms with Crippen molar-refractivity contribution in [2.75, 3.05) is 13.2 Å². The molecule has 436 valence electrons. The van der Waals surface area contributed by atoms with Gasteiger partial charge in [-0.3, -0.25) is 14.4 Å². The van der Waals surface area contributed by atoms with Crippen LogP contribution >= 0.6 is 0 Å². The summed E-state index contributed by atoms with van der Waals surface area (Å²) in [4.78, 5) is 38.2. The van der Waals surface area contributed by atoms with E-state index >= 15 is 0 Å². The monoisotopic (exact) mass is 1060 g/mol. The van der Waals surface area contributed by atoms with E-state index < -0.39 is 6.10 Å². The molecule has 6 nitrogen and oxygen atoms in total. The number of carbonyl (C=O) groups excluding carboxylic acids is 3. The van der Waals surface area contributed by atoms with Crippen molar-refractivity contribution in [3.05, 3.63) is 97.2 Å². The van der Waals surface area contributed by atoms with E-state index in [0.717, 1.165) is 89.9 Å². The smallest absolute Gasteiger partial charge is 0.306 e. The van der Waals surface area contributed by atoms with Gasteiger partial charge in [-0.1, -0.05) is 304 Å². The van der Waals surface area contributed by atoms with Gasteiger partial charge in [-0.05, 0) is 83.5 Å². The van der Waals surface area contributed by atoms with Crippen molar-refractivity contribution in [3.63, 3.8) is 0 Å². The van der Waals surface area contributed by atoms with Gasteiger partial charge in [-0.25, -0.2) is 0 Å². The Labute approximate surface area is 470 Å². The van der Waals surface area contributed by atoms with Crippen molar-refractivity contribution >= 4 is 17.9 Å². The molecule has 1 unspecified atom stereocenters. The van der Waals surface area contributed by atoms with Gasteiger partial charge in [-0.2, -0.15) is 0 Å². The first kappa shape index (κ1) is 72.3. The van der Waals surface area contributed by atoms with Gasteiger partial charge in [0.15, 0.2) is 6.10 Å². The van der Waals surface area contributed by atoms with Crippen LogP contribution in [0.2, 0.25) is 0 Å². The topological polar surface area (TPSA) is 78.9 Å². The minimum atomic E-state index is -0.804. The Hall–Kier alpha value is -3.67. The molecule has 0 spiro atoms. The highest BCUT2D eigenvalue weighted by Crippen LogP contribution is 2.17. The van der Waals surface area contributed by atoms with Gasteiger partial charge in [0.25, 0.3) is 0 Å². The van der Waals surface area contributed by atoms with E-state index in [1.807, 2.05) is 6.08 Å². The summed E-state index contributed by atoms with van der Waals surface area (Å²) in [5.74, 6) is -0.968. The lowest BCUT2D eigenvalue weighted by Crippen LogP contribution is -2.30. The number of hydrogen-bond donors (Lipinski definition) is 0. The zero-order valence-electron chi connectivity index (χ0n) is 50.0. The molecule has 0 aromatic rings. The number of ether oxygens (including phenoxy) is 3. The lowest BCUT2D eigenvalue weighted by atomic mass is 10.0. The summed E-state index contributed by atoms with van der Waals surface area (Å²) in [6.07, 6.45) is 85.9. The minimum Gasteiger partial charge on any atom is -0.462 e. The molecule has 0 fully saturated rings. The molecule has 0 N–H and O–H groups in total. The number of allylic oxidation sites excluding steroid dienone is 16. The van der Waals surface area contributed by atoms with Crippen molar-refractivity contribution in [3.8, 4) is 0 Å². The van der Waals surface area contributed by atoms with Crippen LogP contribution in [0.25, 0.3) is 0 Å². The van der Waals surface area contributed by atoms with E-state index in [0.29, 0.717) is 19.3 Å². The molecule has 1 atom stereocenters. The van der Waals surface area contributed by atoms with Gasteiger partial charge in [0.1, 0.15) is 13.2 Å². The molecule has 0 aliphatic carbocycles. The molecule has 0 aliphatic rings. The highest BCUT2D eigenvalue weighted by molar-refractivity contribution is 5.71. The van der Waals surface area contributed by atoms with Crippen LogP contribution < -0.4 is 0 Å². The Balaban J connectivity index is 4.25. The van der Waals surface area contributed by atoms with Gasteiger partial charge < -0.3 is 14.2 Å². The van der Waals surface area contributed by atoms with Crippen LogP contribution in [0.4, 0.5) is 0 Å². The second-order valence-corrected chi connectivity index (χ2v) is 21.3. The normalized spacial score (nSPS) is 12.7. The van der Waals surface area contributed by atoms with Crippen LogP contribution in [0.3, 0.4) is 0 Å². The molecule has 0 bridgehead atoms. The van der Waals surface area contributed by atoms with E-state index in [4.69, 9.17) is 14.2 Å². The number of hydrogen-bond acceptors (Lipinski definition) is 6. The minimum absolute atomic E-state index is 0.0958. The van der Waals surface area contributed by atoms with Crippen LogP contribution in [-0.4, -0.2) is 37.2 Å². The van der Waals surface area contributed by atoms with Crippen LogP contribution in [-0.2, 0) is 28.6 Å². The van der Waals surface area contributed by atoms with Crippen LogP contribution in [0.15, 0.2) is 97.2 Å². The first-order valence-electron chi connectivity index (χ1n) is 32.2. The maximum absolute atomic E-state index is 12.9. The van der Waals surface area contributed by atoms with Gasteiger partial charge in [0.2, 0.25) is 0 Å². The van der Waals surface area contributed by atoms with E-state index in [9.17, 15) is 14.4 Å². The van der Waals surface area contributed by atoms with Crippen molar-refractivity contribution in [1.29, 1.82) is 0 Å². The maximum atomic E-state index is 12.9. The van der Waals surface area contributed by atoms with E-state index in [2.05, 4.69) is 112 Å². The molecule has 0 aromatic carbocycles. The number of esters is 3. The average Bonchev–Trinajstić information content (AvgIpc) is 3.42. The summed E-state index contributed by atoms with van der Waals surface area (Å²) >= 11 is 0. The van der Waals surface area contributed by atoms with Crippen molar-refractivity contribution < 1.29 is 28.6 Å². The third kappa shape index (κ3) is 61.2. The largest absolute Gasteiger partial charge is 0.462 e. The SMILES string of the molecule is CC/C=C\C/C=C\C/C=C\C/C=C\CCCCCCCCCCCCCCCCCCC(=O)OCC(COC(=O)CC/C=C\C/C=C\C/C=C\C/C=C\CC)OC(=O)CCCCCCCCCCCCCCCCCC. The predicted molar refractivity (Wildman–Crippen MR) is 330 cm³/mol. The third-order valence-electron chi connectivity index (χ3n) is 13.8. The Morgan fingerprint density at radius 1 is 0.276 bits per heavy atom. The van der Waals surface area contributed by atoms with Crippen molar-refractivity contribution in [2.45, 2.75) is 316 Å². The zero-order valence-corrected chi connectivity index (χ0v) is 50.0. The van der Waals surface area contributed by atoms with Gasteiger partial charge >= 0.3 is 17.9 Å². The Bertz CT molecular complexity index is 1490. The zero-order chi connectivity index (χ0) is 55.0. The summed E-state index contributed by atoms with van der Waals surface area (Å²) in [5.41, 5.74) is 0. The summed E-state index contributed by atoms with van der Waals surface area (Å²) in [6, 6.07) is 0. The summed E-state index contributed by atoms with van der Waals surface area (Å²) in [7, 11) is 0. The van der Waals surface area contributed by atoms with E-state index in [-0.39, 0.29) is 37.5 Å². The molecule has 0 aromatic heterocycles. The first-order chi connectivity index (χ1) is 37.5. The lowest BCUT2D eigenvalue weighted by molar-refractivity contribution is -0.166. The number of unbranched alkanes of at least 4 members (excludes halogenated alkanes) is 31. The van der Waals surface area contributed by atoms with Gasteiger partial charge in [0.05, 0.1) is 0 Å². The predicted octanol–water partition coefficient (Wildman–Crippen LogP) is 22.0. The number of carbonyl (C=O) groups is 3. The third-order valence-corrected chi connectivity index (χ3v) is 13.8. The fourth-order valence-electron chi connectivity index (χ4n) is 9.10. The average molecular weight is 1060 g/mol. The van der Waals surface area contributed by atoms with Crippen molar-refractivity contribution in [2.24, 2.45) is 0 Å². The number of rotatable bonds is 58. The molecule has 76 heavy (non-hydrogen) atoms. The van der Waals surface area contributed by atoms with Crippen molar-refractivity contribution in [1.82, 2.24) is 0 Å². The molecule has 0 heterocycles. The molecule has 0 radical (unpaired) electrons. The fraction of sp³-hybridized carbons (Fsp3) is 0.729. The second-order valence-electron chi connectivity index (χ2n) is 21.3. The van der Waals surface area contributed by atoms with Gasteiger partial charge in [-0.15, -0.1) is 0 Å². The summed E-state index contributed by atoms with van der Waals surface area (Å²) < 4.78 is 16.8. The molecule has 0 saturated heterocycles. The molecule has 0 saturated carbocycles. The molecule has 0 amide bonds. The highest BCUT2D eigenvalue weighted by atomic mass is 16.6. The van der Waals surface area contributed by atoms with E-state index in [1.54, 1.807) is 0 Å². The van der Waals surface area contributed by atoms with Crippen LogP contribution in [0.5, 0.6) is 0 Å². The molecular weight excluding hydrogens is 937 g/mol.